The van der Waals surface area contributed by atoms with Gasteiger partial charge in [-0.15, -0.1) is 0 Å². The minimum Gasteiger partial charge on any atom is -0.478 e. The summed E-state index contributed by atoms with van der Waals surface area (Å²) >= 11 is 5.99. The lowest BCUT2D eigenvalue weighted by atomic mass is 10.2. The van der Waals surface area contributed by atoms with Gasteiger partial charge in [0, 0.05) is 22.5 Å². The number of carbonyl (C=O) groups is 1. The molecule has 0 saturated heterocycles. The van der Waals surface area contributed by atoms with Crippen molar-refractivity contribution in [2.24, 2.45) is 0 Å². The monoisotopic (exact) mass is 368 g/mol. The molecule has 0 atom stereocenters. The lowest BCUT2D eigenvalue weighted by Gasteiger charge is -2.12. The van der Waals surface area contributed by atoms with Crippen LogP contribution in [0.5, 0.6) is 0 Å². The Kier molecular flexibility index (Phi) is 5.04. The number of aryl methyl sites for hydroxylation is 2. The van der Waals surface area contributed by atoms with Crippen molar-refractivity contribution in [1.29, 1.82) is 0 Å². The van der Waals surface area contributed by atoms with Crippen LogP contribution in [0, 0.1) is 13.8 Å². The number of hydrogen-bond donors (Lipinski definition) is 3. The van der Waals surface area contributed by atoms with Crippen molar-refractivity contribution in [3.8, 4) is 0 Å². The maximum absolute atomic E-state index is 10.9. The molecule has 0 radical (unpaired) electrons. The fourth-order valence-electron chi connectivity index (χ4n) is 2.45. The summed E-state index contributed by atoms with van der Waals surface area (Å²) in [4.78, 5) is 19.7. The first-order valence-corrected chi connectivity index (χ1v) is 8.28. The summed E-state index contributed by atoms with van der Waals surface area (Å²) in [5, 5.41) is 16.1. The highest BCUT2D eigenvalue weighted by molar-refractivity contribution is 6.30. The molecule has 1 aromatic heterocycles. The number of anilines is 4. The first-order valence-electron chi connectivity index (χ1n) is 7.90. The number of nitrogens with one attached hydrogen (secondary N) is 2. The van der Waals surface area contributed by atoms with E-state index in [-0.39, 0.29) is 5.56 Å². The molecule has 0 aliphatic carbocycles. The second kappa shape index (κ2) is 7.41. The lowest BCUT2D eigenvalue weighted by Crippen LogP contribution is -2.02. The van der Waals surface area contributed by atoms with Gasteiger partial charge in [-0.25, -0.2) is 14.8 Å². The molecule has 0 fully saturated rings. The van der Waals surface area contributed by atoms with Gasteiger partial charge in [-0.05, 0) is 61.9 Å². The second-order valence-electron chi connectivity index (χ2n) is 5.78. The number of aromatic nitrogens is 2. The molecule has 0 unspecified atom stereocenters. The van der Waals surface area contributed by atoms with E-state index in [4.69, 9.17) is 16.7 Å². The average Bonchev–Trinajstić information content (AvgIpc) is 2.57. The zero-order valence-corrected chi connectivity index (χ0v) is 15.0. The van der Waals surface area contributed by atoms with E-state index in [0.29, 0.717) is 22.5 Å². The highest BCUT2D eigenvalue weighted by Crippen LogP contribution is 2.24. The van der Waals surface area contributed by atoms with Crippen LogP contribution in [-0.4, -0.2) is 21.0 Å². The van der Waals surface area contributed by atoms with Crippen LogP contribution in [0.25, 0.3) is 0 Å². The van der Waals surface area contributed by atoms with Gasteiger partial charge >= 0.3 is 5.97 Å². The van der Waals surface area contributed by atoms with Crippen LogP contribution >= 0.6 is 11.6 Å². The standard InChI is InChI=1S/C19H17ClN4O2/c1-11-9-14(20)5-8-16(11)24-18-10-17(21-12(2)22-18)23-15-6-3-13(4-7-15)19(25)26/h3-10H,1-2H3,(H,25,26)(H2,21,22,23,24). The van der Waals surface area contributed by atoms with Crippen molar-refractivity contribution in [2.75, 3.05) is 10.6 Å². The molecular formula is C19H17ClN4O2. The minimum atomic E-state index is -0.959. The van der Waals surface area contributed by atoms with Crippen LogP contribution in [0.1, 0.15) is 21.7 Å². The van der Waals surface area contributed by atoms with Crippen molar-refractivity contribution >= 4 is 40.6 Å². The molecule has 0 amide bonds. The normalized spacial score (nSPS) is 10.4. The van der Waals surface area contributed by atoms with Gasteiger partial charge in [0.2, 0.25) is 0 Å². The third-order valence-corrected chi connectivity index (χ3v) is 3.93. The van der Waals surface area contributed by atoms with Gasteiger partial charge in [0.25, 0.3) is 0 Å². The summed E-state index contributed by atoms with van der Waals surface area (Å²) in [6.45, 7) is 3.77. The molecule has 0 aliphatic rings. The summed E-state index contributed by atoms with van der Waals surface area (Å²) in [5.41, 5.74) is 2.88. The third kappa shape index (κ3) is 4.29. The van der Waals surface area contributed by atoms with Crippen molar-refractivity contribution in [3.63, 3.8) is 0 Å². The molecule has 7 heteroatoms. The Hall–Kier alpha value is -3.12. The first-order chi connectivity index (χ1) is 12.4. The molecule has 3 aromatic rings. The SMILES string of the molecule is Cc1nc(Nc2ccc(C(=O)O)cc2)cc(Nc2ccc(Cl)cc2C)n1. The van der Waals surface area contributed by atoms with Crippen LogP contribution in [0.15, 0.2) is 48.5 Å². The first kappa shape index (κ1) is 17.7. The maximum Gasteiger partial charge on any atom is 0.335 e. The van der Waals surface area contributed by atoms with Crippen molar-refractivity contribution in [1.82, 2.24) is 9.97 Å². The predicted molar refractivity (Wildman–Crippen MR) is 103 cm³/mol. The summed E-state index contributed by atoms with van der Waals surface area (Å²) in [6.07, 6.45) is 0. The number of hydrogen-bond acceptors (Lipinski definition) is 5. The van der Waals surface area contributed by atoms with Gasteiger partial charge in [-0.2, -0.15) is 0 Å². The molecule has 0 bridgehead atoms. The minimum absolute atomic E-state index is 0.231. The molecule has 0 aliphatic heterocycles. The zero-order valence-electron chi connectivity index (χ0n) is 14.2. The molecule has 6 nitrogen and oxygen atoms in total. The molecule has 132 valence electrons. The Morgan fingerprint density at radius 3 is 2.23 bits per heavy atom. The number of nitrogens with zero attached hydrogens (tertiary/aromatic N) is 2. The third-order valence-electron chi connectivity index (χ3n) is 3.69. The Bertz CT molecular complexity index is 958. The second-order valence-corrected chi connectivity index (χ2v) is 6.21. The van der Waals surface area contributed by atoms with Gasteiger partial charge in [-0.1, -0.05) is 11.6 Å². The zero-order chi connectivity index (χ0) is 18.7. The molecule has 2 aromatic carbocycles. The van der Waals surface area contributed by atoms with E-state index in [1.807, 2.05) is 25.1 Å². The topological polar surface area (TPSA) is 87.1 Å². The molecule has 3 N–H and O–H groups in total. The van der Waals surface area contributed by atoms with E-state index in [2.05, 4.69) is 20.6 Å². The van der Waals surface area contributed by atoms with E-state index >= 15 is 0 Å². The smallest absolute Gasteiger partial charge is 0.335 e. The number of rotatable bonds is 5. The van der Waals surface area contributed by atoms with Crippen molar-refractivity contribution < 1.29 is 9.90 Å². The maximum atomic E-state index is 10.9. The van der Waals surface area contributed by atoms with Gasteiger partial charge in [0.1, 0.15) is 17.5 Å². The summed E-state index contributed by atoms with van der Waals surface area (Å²) in [5.74, 6) is 0.896. The van der Waals surface area contributed by atoms with Gasteiger partial charge in [-0.3, -0.25) is 0 Å². The largest absolute Gasteiger partial charge is 0.478 e. The average molecular weight is 369 g/mol. The quantitative estimate of drug-likeness (QED) is 0.591. The highest BCUT2D eigenvalue weighted by Gasteiger charge is 2.06. The highest BCUT2D eigenvalue weighted by atomic mass is 35.5. The lowest BCUT2D eigenvalue weighted by molar-refractivity contribution is 0.0697. The molecule has 0 spiro atoms. The van der Waals surface area contributed by atoms with Crippen LogP contribution in [0.3, 0.4) is 0 Å². The number of aromatic carboxylic acids is 1. The van der Waals surface area contributed by atoms with E-state index < -0.39 is 5.97 Å². The van der Waals surface area contributed by atoms with Crippen LogP contribution in [0.4, 0.5) is 23.0 Å². The number of benzene rings is 2. The number of carboxylic acid groups (broad SMARTS) is 1. The Balaban J connectivity index is 1.82. The predicted octanol–water partition coefficient (Wildman–Crippen LogP) is 4.93. The van der Waals surface area contributed by atoms with E-state index in [0.717, 1.165) is 16.9 Å². The van der Waals surface area contributed by atoms with E-state index in [1.165, 1.54) is 12.1 Å². The molecule has 26 heavy (non-hydrogen) atoms. The van der Waals surface area contributed by atoms with Gasteiger partial charge < -0.3 is 15.7 Å². The molecular weight excluding hydrogens is 352 g/mol. The molecule has 1 heterocycles. The summed E-state index contributed by atoms with van der Waals surface area (Å²) in [6, 6.07) is 13.8. The van der Waals surface area contributed by atoms with Crippen molar-refractivity contribution in [2.45, 2.75) is 13.8 Å². The van der Waals surface area contributed by atoms with Crippen LogP contribution in [0.2, 0.25) is 5.02 Å². The van der Waals surface area contributed by atoms with Gasteiger partial charge in [0.15, 0.2) is 0 Å². The summed E-state index contributed by atoms with van der Waals surface area (Å²) in [7, 11) is 0. The van der Waals surface area contributed by atoms with E-state index in [9.17, 15) is 4.79 Å². The Labute approximate surface area is 155 Å². The Morgan fingerprint density at radius 2 is 1.62 bits per heavy atom. The fourth-order valence-corrected chi connectivity index (χ4v) is 2.67. The van der Waals surface area contributed by atoms with Crippen LogP contribution < -0.4 is 10.6 Å². The number of halogens is 1. The van der Waals surface area contributed by atoms with Crippen molar-refractivity contribution in [3.05, 3.63) is 70.5 Å². The number of carboxylic acids is 1. The van der Waals surface area contributed by atoms with Gasteiger partial charge in [0.05, 0.1) is 5.56 Å². The summed E-state index contributed by atoms with van der Waals surface area (Å²) < 4.78 is 0. The molecule has 0 saturated carbocycles. The Morgan fingerprint density at radius 1 is 0.962 bits per heavy atom. The molecule has 3 rings (SSSR count). The fraction of sp³-hybridized carbons (Fsp3) is 0.105. The van der Waals surface area contributed by atoms with Crippen LogP contribution in [-0.2, 0) is 0 Å². The van der Waals surface area contributed by atoms with E-state index in [1.54, 1.807) is 25.1 Å².